The normalized spacial score (nSPS) is 9.80. The van der Waals surface area contributed by atoms with Gasteiger partial charge < -0.3 is 0 Å². The second-order valence-electron chi connectivity index (χ2n) is 1.87. The number of aryl methyl sites for hydroxylation is 1. The minimum Gasteiger partial charge on any atom is -0.273 e. The molecule has 0 aromatic carbocycles. The van der Waals surface area contributed by atoms with E-state index in [2.05, 4.69) is 4.98 Å². The quantitative estimate of drug-likeness (QED) is 0.573. The standard InChI is InChI=1S/C6H7ClN2O/c1-5-8-2-3-9(5)6(10)4-7/h2-3H,4H2,1H3. The Morgan fingerprint density at radius 3 is 3.00 bits per heavy atom. The number of hydrogen-bond donors (Lipinski definition) is 0. The van der Waals surface area contributed by atoms with Crippen molar-refractivity contribution < 1.29 is 4.79 Å². The Balaban J connectivity index is 2.93. The smallest absolute Gasteiger partial charge is 0.246 e. The summed E-state index contributed by atoms with van der Waals surface area (Å²) in [6, 6.07) is 0. The molecule has 4 heteroatoms. The molecule has 0 bridgehead atoms. The minimum atomic E-state index is -0.142. The van der Waals surface area contributed by atoms with Gasteiger partial charge in [0, 0.05) is 12.4 Å². The molecule has 0 aliphatic heterocycles. The van der Waals surface area contributed by atoms with E-state index in [1.54, 1.807) is 19.3 Å². The molecule has 0 unspecified atom stereocenters. The summed E-state index contributed by atoms with van der Waals surface area (Å²) in [4.78, 5) is 14.8. The molecule has 0 aliphatic rings. The van der Waals surface area contributed by atoms with Crippen LogP contribution in [-0.2, 0) is 0 Å². The molecular weight excluding hydrogens is 152 g/mol. The summed E-state index contributed by atoms with van der Waals surface area (Å²) in [5.41, 5.74) is 0. The average Bonchev–Trinajstić information content (AvgIpc) is 2.34. The highest BCUT2D eigenvalue weighted by Gasteiger charge is 2.03. The highest BCUT2D eigenvalue weighted by molar-refractivity contribution is 6.27. The van der Waals surface area contributed by atoms with Crippen molar-refractivity contribution in [3.63, 3.8) is 0 Å². The van der Waals surface area contributed by atoms with Crippen LogP contribution in [-0.4, -0.2) is 21.3 Å². The van der Waals surface area contributed by atoms with Gasteiger partial charge in [0.1, 0.15) is 11.7 Å². The number of alkyl halides is 1. The summed E-state index contributed by atoms with van der Waals surface area (Å²) in [6.07, 6.45) is 3.17. The predicted octanol–water partition coefficient (Wildman–Crippen LogP) is 1.07. The maximum absolute atomic E-state index is 10.9. The second kappa shape index (κ2) is 2.84. The van der Waals surface area contributed by atoms with Crippen LogP contribution in [0.25, 0.3) is 0 Å². The maximum atomic E-state index is 10.9. The van der Waals surface area contributed by atoms with E-state index in [0.717, 1.165) is 0 Å². The minimum absolute atomic E-state index is 0.00278. The lowest BCUT2D eigenvalue weighted by Gasteiger charge is -1.97. The lowest BCUT2D eigenvalue weighted by molar-refractivity contribution is 0.0938. The van der Waals surface area contributed by atoms with E-state index in [1.165, 1.54) is 4.57 Å². The van der Waals surface area contributed by atoms with Gasteiger partial charge in [0.05, 0.1) is 0 Å². The largest absolute Gasteiger partial charge is 0.273 e. The molecule has 1 heterocycles. The Bertz CT molecular complexity index is 244. The zero-order valence-corrected chi connectivity index (χ0v) is 6.30. The lowest BCUT2D eigenvalue weighted by Crippen LogP contribution is -2.12. The van der Waals surface area contributed by atoms with Crippen LogP contribution in [0.2, 0.25) is 0 Å². The molecule has 1 aromatic rings. The van der Waals surface area contributed by atoms with Gasteiger partial charge in [0.2, 0.25) is 5.91 Å². The maximum Gasteiger partial charge on any atom is 0.246 e. The monoisotopic (exact) mass is 158 g/mol. The fraction of sp³-hybridized carbons (Fsp3) is 0.333. The first-order valence-corrected chi connectivity index (χ1v) is 3.38. The lowest BCUT2D eigenvalue weighted by atomic mass is 10.6. The average molecular weight is 159 g/mol. The van der Waals surface area contributed by atoms with Gasteiger partial charge in [-0.05, 0) is 6.92 Å². The molecule has 0 saturated carbocycles. The summed E-state index contributed by atoms with van der Waals surface area (Å²) >= 11 is 5.32. The van der Waals surface area contributed by atoms with Crippen LogP contribution < -0.4 is 0 Å². The van der Waals surface area contributed by atoms with Crippen LogP contribution in [0.1, 0.15) is 10.6 Å². The summed E-state index contributed by atoms with van der Waals surface area (Å²) in [6.45, 7) is 1.75. The Kier molecular flexibility index (Phi) is 2.06. The number of nitrogens with zero attached hydrogens (tertiary/aromatic N) is 2. The summed E-state index contributed by atoms with van der Waals surface area (Å²) < 4.78 is 1.42. The molecular formula is C6H7ClN2O. The molecule has 10 heavy (non-hydrogen) atoms. The van der Waals surface area contributed by atoms with Gasteiger partial charge in [0.25, 0.3) is 0 Å². The molecule has 0 N–H and O–H groups in total. The molecule has 0 atom stereocenters. The van der Waals surface area contributed by atoms with Gasteiger partial charge in [-0.2, -0.15) is 0 Å². The summed E-state index contributed by atoms with van der Waals surface area (Å²) in [7, 11) is 0. The van der Waals surface area contributed by atoms with Crippen LogP contribution >= 0.6 is 11.6 Å². The number of rotatable bonds is 1. The van der Waals surface area contributed by atoms with E-state index in [0.29, 0.717) is 5.82 Å². The Hall–Kier alpha value is -0.830. The van der Waals surface area contributed by atoms with Gasteiger partial charge in [-0.15, -0.1) is 11.6 Å². The van der Waals surface area contributed by atoms with Crippen molar-refractivity contribution in [3.8, 4) is 0 Å². The van der Waals surface area contributed by atoms with Crippen LogP contribution in [0.15, 0.2) is 12.4 Å². The third kappa shape index (κ3) is 1.19. The third-order valence-electron chi connectivity index (χ3n) is 1.21. The topological polar surface area (TPSA) is 34.9 Å². The number of carbonyl (C=O) groups is 1. The Morgan fingerprint density at radius 1 is 1.90 bits per heavy atom. The fourth-order valence-electron chi connectivity index (χ4n) is 0.706. The van der Waals surface area contributed by atoms with Crippen LogP contribution in [0.3, 0.4) is 0 Å². The van der Waals surface area contributed by atoms with Crippen LogP contribution in [0.4, 0.5) is 0 Å². The zero-order valence-electron chi connectivity index (χ0n) is 5.54. The van der Waals surface area contributed by atoms with Gasteiger partial charge in [0.15, 0.2) is 0 Å². The van der Waals surface area contributed by atoms with E-state index < -0.39 is 0 Å². The molecule has 0 amide bonds. The molecule has 1 rings (SSSR count). The first-order chi connectivity index (χ1) is 4.75. The van der Waals surface area contributed by atoms with Gasteiger partial charge in [-0.25, -0.2) is 4.98 Å². The molecule has 0 radical (unpaired) electrons. The van der Waals surface area contributed by atoms with Crippen LogP contribution in [0, 0.1) is 6.92 Å². The number of carbonyl (C=O) groups excluding carboxylic acids is 1. The zero-order chi connectivity index (χ0) is 7.56. The highest BCUT2D eigenvalue weighted by atomic mass is 35.5. The Morgan fingerprint density at radius 2 is 2.60 bits per heavy atom. The first-order valence-electron chi connectivity index (χ1n) is 2.85. The van der Waals surface area contributed by atoms with Crippen molar-refractivity contribution in [2.24, 2.45) is 0 Å². The van der Waals surface area contributed by atoms with Crippen molar-refractivity contribution in [1.82, 2.24) is 9.55 Å². The van der Waals surface area contributed by atoms with Crippen molar-refractivity contribution in [2.45, 2.75) is 6.92 Å². The Labute approximate surface area is 63.6 Å². The van der Waals surface area contributed by atoms with Crippen molar-refractivity contribution in [1.29, 1.82) is 0 Å². The fourth-order valence-corrected chi connectivity index (χ4v) is 0.835. The first kappa shape index (κ1) is 7.28. The van der Waals surface area contributed by atoms with E-state index in [1.807, 2.05) is 0 Å². The van der Waals surface area contributed by atoms with Crippen LogP contribution in [0.5, 0.6) is 0 Å². The molecule has 54 valence electrons. The SMILES string of the molecule is Cc1nccn1C(=O)CCl. The third-order valence-corrected chi connectivity index (χ3v) is 1.44. The molecule has 0 fully saturated rings. The molecule has 0 saturated heterocycles. The number of aromatic nitrogens is 2. The molecule has 1 aromatic heterocycles. The summed E-state index contributed by atoms with van der Waals surface area (Å²) in [5.74, 6) is 0.527. The van der Waals surface area contributed by atoms with Gasteiger partial charge >= 0.3 is 0 Å². The highest BCUT2D eigenvalue weighted by Crippen LogP contribution is 1.95. The second-order valence-corrected chi connectivity index (χ2v) is 2.14. The molecule has 0 aliphatic carbocycles. The van der Waals surface area contributed by atoms with E-state index in [4.69, 9.17) is 11.6 Å². The van der Waals surface area contributed by atoms with E-state index >= 15 is 0 Å². The number of hydrogen-bond acceptors (Lipinski definition) is 2. The van der Waals surface area contributed by atoms with Gasteiger partial charge in [-0.3, -0.25) is 9.36 Å². The molecule has 3 nitrogen and oxygen atoms in total. The number of imidazole rings is 1. The number of halogens is 1. The van der Waals surface area contributed by atoms with Crippen molar-refractivity contribution in [2.75, 3.05) is 5.88 Å². The van der Waals surface area contributed by atoms with E-state index in [-0.39, 0.29) is 11.8 Å². The van der Waals surface area contributed by atoms with E-state index in [9.17, 15) is 4.79 Å². The molecule has 0 spiro atoms. The predicted molar refractivity (Wildman–Crippen MR) is 38.3 cm³/mol. The van der Waals surface area contributed by atoms with Crippen molar-refractivity contribution in [3.05, 3.63) is 18.2 Å². The van der Waals surface area contributed by atoms with Gasteiger partial charge in [-0.1, -0.05) is 0 Å². The van der Waals surface area contributed by atoms with Crippen molar-refractivity contribution >= 4 is 17.5 Å². The summed E-state index contributed by atoms with van der Waals surface area (Å²) in [5, 5.41) is 0.